The van der Waals surface area contributed by atoms with Gasteiger partial charge >= 0.3 is 0 Å². The average molecular weight is 476 g/mol. The minimum absolute atomic E-state index is 0.113. The number of aliphatic hydroxyl groups excluding tert-OH is 1. The molecule has 1 aromatic carbocycles. The van der Waals surface area contributed by atoms with Crippen molar-refractivity contribution in [2.45, 2.75) is 70.5 Å². The van der Waals surface area contributed by atoms with Gasteiger partial charge in [0.25, 0.3) is 5.88 Å². The zero-order valence-corrected chi connectivity index (χ0v) is 20.8. The minimum Gasteiger partial charge on any atom is -0.472 e. The predicted molar refractivity (Wildman–Crippen MR) is 140 cm³/mol. The lowest BCUT2D eigenvalue weighted by molar-refractivity contribution is 0.143. The van der Waals surface area contributed by atoms with Gasteiger partial charge in [0, 0.05) is 56.8 Å². The third-order valence-electron chi connectivity index (χ3n) is 7.29. The SMILES string of the molecule is CCCCCc1cc(N2CCC(Oc3nccnc3N3CCC(O)CC3)CC2)nc2ccccc12. The lowest BCUT2D eigenvalue weighted by Crippen LogP contribution is -2.40. The highest BCUT2D eigenvalue weighted by molar-refractivity contribution is 5.84. The zero-order chi connectivity index (χ0) is 24.0. The topological polar surface area (TPSA) is 74.6 Å². The summed E-state index contributed by atoms with van der Waals surface area (Å²) in [5.41, 5.74) is 2.50. The van der Waals surface area contributed by atoms with Crippen molar-refractivity contribution in [1.82, 2.24) is 15.0 Å². The number of hydrogen-bond acceptors (Lipinski definition) is 7. The predicted octanol–water partition coefficient (Wildman–Crippen LogP) is 4.77. The first-order chi connectivity index (χ1) is 17.2. The molecule has 2 aliphatic heterocycles. The molecule has 7 heteroatoms. The lowest BCUT2D eigenvalue weighted by Gasteiger charge is -2.34. The van der Waals surface area contributed by atoms with Crippen LogP contribution in [0.15, 0.2) is 42.7 Å². The van der Waals surface area contributed by atoms with Crippen molar-refractivity contribution < 1.29 is 9.84 Å². The van der Waals surface area contributed by atoms with Crippen molar-refractivity contribution in [3.8, 4) is 5.88 Å². The second-order valence-corrected chi connectivity index (χ2v) is 9.82. The number of ether oxygens (including phenoxy) is 1. The molecule has 0 saturated carbocycles. The number of benzene rings is 1. The number of aryl methyl sites for hydroxylation is 1. The van der Waals surface area contributed by atoms with Gasteiger partial charge in [0.1, 0.15) is 11.9 Å². The Kier molecular flexibility index (Phi) is 7.62. The largest absolute Gasteiger partial charge is 0.472 e. The number of unbranched alkanes of at least 4 members (excludes halogenated alkanes) is 2. The molecule has 35 heavy (non-hydrogen) atoms. The third-order valence-corrected chi connectivity index (χ3v) is 7.29. The molecule has 4 heterocycles. The molecule has 186 valence electrons. The van der Waals surface area contributed by atoms with Crippen LogP contribution in [0.4, 0.5) is 11.6 Å². The number of anilines is 2. The Bertz CT molecular complexity index is 1110. The Morgan fingerprint density at radius 2 is 1.69 bits per heavy atom. The normalized spacial score (nSPS) is 17.8. The summed E-state index contributed by atoms with van der Waals surface area (Å²) in [5.74, 6) is 2.50. The number of rotatable bonds is 8. The van der Waals surface area contributed by atoms with E-state index in [0.29, 0.717) is 5.88 Å². The summed E-state index contributed by atoms with van der Waals surface area (Å²) in [6, 6.07) is 10.8. The fourth-order valence-electron chi connectivity index (χ4n) is 5.22. The summed E-state index contributed by atoms with van der Waals surface area (Å²) in [5, 5.41) is 11.1. The van der Waals surface area contributed by atoms with Crippen molar-refractivity contribution >= 4 is 22.5 Å². The molecule has 0 radical (unpaired) electrons. The van der Waals surface area contributed by atoms with Crippen molar-refractivity contribution in [2.24, 2.45) is 0 Å². The summed E-state index contributed by atoms with van der Waals surface area (Å²) in [4.78, 5) is 18.7. The molecule has 0 bridgehead atoms. The van der Waals surface area contributed by atoms with Crippen LogP contribution in [0.1, 0.15) is 57.4 Å². The second kappa shape index (κ2) is 11.2. The van der Waals surface area contributed by atoms with Crippen LogP contribution in [0.25, 0.3) is 10.9 Å². The zero-order valence-electron chi connectivity index (χ0n) is 20.8. The van der Waals surface area contributed by atoms with Crippen LogP contribution in [0, 0.1) is 0 Å². The number of para-hydroxylation sites is 1. The van der Waals surface area contributed by atoms with Gasteiger partial charge in [-0.15, -0.1) is 0 Å². The fourth-order valence-corrected chi connectivity index (χ4v) is 5.22. The van der Waals surface area contributed by atoms with Gasteiger partial charge in [-0.3, -0.25) is 0 Å². The van der Waals surface area contributed by atoms with E-state index in [1.54, 1.807) is 12.4 Å². The molecule has 0 unspecified atom stereocenters. The van der Waals surface area contributed by atoms with E-state index in [9.17, 15) is 5.11 Å². The van der Waals surface area contributed by atoms with Gasteiger partial charge in [-0.2, -0.15) is 0 Å². The summed E-state index contributed by atoms with van der Waals surface area (Å²) in [6.45, 7) is 5.64. The number of hydrogen-bond donors (Lipinski definition) is 1. The van der Waals surface area contributed by atoms with Gasteiger partial charge in [-0.05, 0) is 43.4 Å². The Balaban J connectivity index is 1.25. The molecule has 1 N–H and O–H groups in total. The van der Waals surface area contributed by atoms with Gasteiger partial charge in [0.2, 0.25) is 0 Å². The van der Waals surface area contributed by atoms with E-state index in [1.165, 1.54) is 30.2 Å². The number of pyridine rings is 1. The van der Waals surface area contributed by atoms with Crippen molar-refractivity contribution in [3.05, 3.63) is 48.3 Å². The summed E-state index contributed by atoms with van der Waals surface area (Å²) in [6.07, 6.45) is 11.5. The Morgan fingerprint density at radius 1 is 0.943 bits per heavy atom. The van der Waals surface area contributed by atoms with Crippen LogP contribution in [0.3, 0.4) is 0 Å². The minimum atomic E-state index is -0.215. The summed E-state index contributed by atoms with van der Waals surface area (Å²) >= 11 is 0. The third kappa shape index (κ3) is 5.67. The maximum atomic E-state index is 9.85. The number of aromatic nitrogens is 3. The molecule has 0 atom stereocenters. The van der Waals surface area contributed by atoms with Crippen LogP contribution in [-0.4, -0.2) is 58.4 Å². The first-order valence-electron chi connectivity index (χ1n) is 13.3. The van der Waals surface area contributed by atoms with Crippen LogP contribution >= 0.6 is 0 Å². The Labute approximate surface area is 208 Å². The van der Waals surface area contributed by atoms with E-state index < -0.39 is 0 Å². The van der Waals surface area contributed by atoms with E-state index in [-0.39, 0.29) is 12.2 Å². The van der Waals surface area contributed by atoms with Crippen LogP contribution in [-0.2, 0) is 6.42 Å². The summed E-state index contributed by atoms with van der Waals surface area (Å²) in [7, 11) is 0. The first-order valence-corrected chi connectivity index (χ1v) is 13.3. The van der Waals surface area contributed by atoms with Crippen molar-refractivity contribution in [1.29, 1.82) is 0 Å². The molecule has 2 saturated heterocycles. The molecular formula is C28H37N5O2. The maximum absolute atomic E-state index is 9.85. The molecule has 2 aliphatic rings. The van der Waals surface area contributed by atoms with Crippen molar-refractivity contribution in [2.75, 3.05) is 36.0 Å². The quantitative estimate of drug-likeness (QED) is 0.471. The van der Waals surface area contributed by atoms with E-state index in [0.717, 1.165) is 75.4 Å². The molecule has 0 amide bonds. The van der Waals surface area contributed by atoms with Crippen LogP contribution < -0.4 is 14.5 Å². The second-order valence-electron chi connectivity index (χ2n) is 9.82. The number of nitrogens with zero attached hydrogens (tertiary/aromatic N) is 5. The summed E-state index contributed by atoms with van der Waals surface area (Å²) < 4.78 is 6.39. The maximum Gasteiger partial charge on any atom is 0.257 e. The lowest BCUT2D eigenvalue weighted by atomic mass is 10.0. The molecule has 3 aromatic rings. The highest BCUT2D eigenvalue weighted by Gasteiger charge is 2.26. The monoisotopic (exact) mass is 475 g/mol. The van der Waals surface area contributed by atoms with E-state index in [1.807, 2.05) is 0 Å². The highest BCUT2D eigenvalue weighted by Crippen LogP contribution is 2.30. The fraction of sp³-hybridized carbons (Fsp3) is 0.536. The molecule has 7 nitrogen and oxygen atoms in total. The standard InChI is InChI=1S/C28H37N5O2/c1-2-3-4-7-21-20-26(31-25-9-6-5-8-24(21)25)32-18-12-23(13-19-32)35-28-27(29-14-15-30-28)33-16-10-22(34)11-17-33/h5-6,8-9,14-15,20,22-23,34H,2-4,7,10-13,16-19H2,1H3. The van der Waals surface area contributed by atoms with Gasteiger partial charge in [0.15, 0.2) is 5.82 Å². The molecule has 2 aromatic heterocycles. The molecule has 0 aliphatic carbocycles. The van der Waals surface area contributed by atoms with E-state index in [2.05, 4.69) is 57.0 Å². The number of aliphatic hydroxyl groups is 1. The van der Waals surface area contributed by atoms with E-state index in [4.69, 9.17) is 9.72 Å². The van der Waals surface area contributed by atoms with Gasteiger partial charge in [-0.25, -0.2) is 15.0 Å². The average Bonchev–Trinajstić information content (AvgIpc) is 2.90. The molecule has 0 spiro atoms. The Hall–Kier alpha value is -2.93. The smallest absolute Gasteiger partial charge is 0.257 e. The Morgan fingerprint density at radius 3 is 2.49 bits per heavy atom. The number of piperidine rings is 2. The molecular weight excluding hydrogens is 438 g/mol. The van der Waals surface area contributed by atoms with Gasteiger partial charge in [0.05, 0.1) is 11.6 Å². The first kappa shape index (κ1) is 23.8. The van der Waals surface area contributed by atoms with Crippen LogP contribution in [0.5, 0.6) is 5.88 Å². The van der Waals surface area contributed by atoms with Gasteiger partial charge in [-0.1, -0.05) is 38.0 Å². The highest BCUT2D eigenvalue weighted by atomic mass is 16.5. The molecule has 5 rings (SSSR count). The van der Waals surface area contributed by atoms with Crippen molar-refractivity contribution in [3.63, 3.8) is 0 Å². The van der Waals surface area contributed by atoms with E-state index >= 15 is 0 Å². The van der Waals surface area contributed by atoms with Gasteiger partial charge < -0.3 is 19.6 Å². The number of fused-ring (bicyclic) bond motifs is 1. The van der Waals surface area contributed by atoms with Crippen LogP contribution in [0.2, 0.25) is 0 Å². The molecule has 2 fully saturated rings.